The van der Waals surface area contributed by atoms with Crippen molar-refractivity contribution in [3.63, 3.8) is 0 Å². The van der Waals surface area contributed by atoms with Gasteiger partial charge in [0.25, 0.3) is 0 Å². The molecule has 1 aliphatic rings. The van der Waals surface area contributed by atoms with Crippen LogP contribution < -0.4 is 20.3 Å². The van der Waals surface area contributed by atoms with E-state index in [1.165, 1.54) is 31.8 Å². The number of fused-ring (bicyclic) bond motifs is 1. The number of amides is 3. The molecular formula is C17H16F3N5O4. The quantitative estimate of drug-likeness (QED) is 0.782. The van der Waals surface area contributed by atoms with Gasteiger partial charge in [0.15, 0.2) is 5.82 Å². The first-order chi connectivity index (χ1) is 13.8. The average molecular weight is 411 g/mol. The molecule has 0 bridgehead atoms. The highest BCUT2D eigenvalue weighted by Gasteiger charge is 2.32. The smallest absolute Gasteiger partial charge is 0.406 e. The van der Waals surface area contributed by atoms with Crippen LogP contribution in [0.4, 0.5) is 29.5 Å². The maximum absolute atomic E-state index is 12.8. The van der Waals surface area contributed by atoms with Crippen LogP contribution >= 0.6 is 0 Å². The van der Waals surface area contributed by atoms with E-state index in [4.69, 9.17) is 4.74 Å². The number of nitrogens with one attached hydrogen (secondary N) is 2. The molecule has 0 saturated carbocycles. The summed E-state index contributed by atoms with van der Waals surface area (Å²) in [4.78, 5) is 33.6. The molecule has 12 heteroatoms. The van der Waals surface area contributed by atoms with Gasteiger partial charge in [-0.3, -0.25) is 9.69 Å². The topological polar surface area (TPSA) is 106 Å². The van der Waals surface area contributed by atoms with Crippen molar-refractivity contribution < 1.29 is 32.2 Å². The molecule has 1 aromatic heterocycles. The number of methoxy groups -OCH3 is 1. The van der Waals surface area contributed by atoms with Gasteiger partial charge in [-0.2, -0.15) is 0 Å². The number of carbonyl (C=O) groups is 2. The van der Waals surface area contributed by atoms with Crippen LogP contribution in [0.25, 0.3) is 0 Å². The molecule has 0 fully saturated rings. The van der Waals surface area contributed by atoms with Crippen LogP contribution in [-0.4, -0.2) is 48.5 Å². The number of carbonyl (C=O) groups excluding carboxylic acids is 2. The van der Waals surface area contributed by atoms with Crippen molar-refractivity contribution in [1.82, 2.24) is 15.3 Å². The number of urea groups is 1. The highest BCUT2D eigenvalue weighted by atomic mass is 19.4. The number of anilines is 2. The van der Waals surface area contributed by atoms with Crippen LogP contribution in [0.1, 0.15) is 11.6 Å². The second-order valence-corrected chi connectivity index (χ2v) is 5.97. The van der Waals surface area contributed by atoms with Crippen molar-refractivity contribution in [2.75, 3.05) is 30.5 Å². The van der Waals surface area contributed by atoms with Gasteiger partial charge in [0, 0.05) is 7.11 Å². The predicted octanol–water partition coefficient (Wildman–Crippen LogP) is 2.23. The second kappa shape index (κ2) is 8.31. The first-order valence-corrected chi connectivity index (χ1v) is 8.29. The molecule has 1 aliphatic heterocycles. The molecule has 1 unspecified atom stereocenters. The summed E-state index contributed by atoms with van der Waals surface area (Å²) in [7, 11) is 1.41. The minimum atomic E-state index is -4.80. The number of aromatic nitrogens is 2. The van der Waals surface area contributed by atoms with Gasteiger partial charge >= 0.3 is 12.4 Å². The lowest BCUT2D eigenvalue weighted by Crippen LogP contribution is -2.49. The molecule has 0 aliphatic carbocycles. The Hall–Kier alpha value is -3.41. The third-order valence-corrected chi connectivity index (χ3v) is 3.91. The number of hydrogen-bond acceptors (Lipinski definition) is 6. The number of alkyl halides is 3. The summed E-state index contributed by atoms with van der Waals surface area (Å²) in [6, 6.07) is 3.71. The molecular weight excluding hydrogens is 395 g/mol. The van der Waals surface area contributed by atoms with Crippen molar-refractivity contribution in [2.24, 2.45) is 0 Å². The SMILES string of the molecule is COCC(NC(=O)N1CC(=O)Nc2cncnc21)c1ccc(OC(F)(F)F)cc1. The van der Waals surface area contributed by atoms with Gasteiger partial charge in [-0.05, 0) is 17.7 Å². The van der Waals surface area contributed by atoms with Crippen molar-refractivity contribution in [3.05, 3.63) is 42.4 Å². The molecule has 2 heterocycles. The average Bonchev–Trinajstić information content (AvgIpc) is 2.66. The first-order valence-electron chi connectivity index (χ1n) is 8.29. The Balaban J connectivity index is 1.77. The lowest BCUT2D eigenvalue weighted by atomic mass is 10.1. The number of halogens is 3. The molecule has 2 N–H and O–H groups in total. The zero-order valence-corrected chi connectivity index (χ0v) is 15.1. The van der Waals surface area contributed by atoms with Gasteiger partial charge in [-0.25, -0.2) is 14.8 Å². The van der Waals surface area contributed by atoms with Crippen LogP contribution in [0.3, 0.4) is 0 Å². The van der Waals surface area contributed by atoms with E-state index in [2.05, 4.69) is 25.3 Å². The van der Waals surface area contributed by atoms with Gasteiger partial charge in [0.2, 0.25) is 5.91 Å². The Morgan fingerprint density at radius 1 is 1.34 bits per heavy atom. The van der Waals surface area contributed by atoms with Gasteiger partial charge in [0.1, 0.15) is 24.3 Å². The zero-order chi connectivity index (χ0) is 21.0. The molecule has 3 amide bonds. The molecule has 3 rings (SSSR count). The predicted molar refractivity (Wildman–Crippen MR) is 94.3 cm³/mol. The zero-order valence-electron chi connectivity index (χ0n) is 15.1. The van der Waals surface area contributed by atoms with E-state index >= 15 is 0 Å². The maximum Gasteiger partial charge on any atom is 0.573 e. The van der Waals surface area contributed by atoms with E-state index in [0.29, 0.717) is 5.56 Å². The second-order valence-electron chi connectivity index (χ2n) is 5.97. The standard InChI is InChI=1S/C17H16F3N5O4/c1-28-8-13(10-2-4-11(5-3-10)29-17(18,19)20)24-16(27)25-7-14(26)23-12-6-21-9-22-15(12)25/h2-6,9,13H,7-8H2,1H3,(H,23,26)(H,24,27). The molecule has 1 aromatic carbocycles. The van der Waals surface area contributed by atoms with E-state index < -0.39 is 24.3 Å². The number of nitrogens with zero attached hydrogens (tertiary/aromatic N) is 3. The highest BCUT2D eigenvalue weighted by Crippen LogP contribution is 2.27. The van der Waals surface area contributed by atoms with Crippen LogP contribution in [-0.2, 0) is 9.53 Å². The Kier molecular flexibility index (Phi) is 5.82. The van der Waals surface area contributed by atoms with Crippen molar-refractivity contribution in [2.45, 2.75) is 12.4 Å². The van der Waals surface area contributed by atoms with Crippen molar-refractivity contribution >= 4 is 23.4 Å². The van der Waals surface area contributed by atoms with Crippen LogP contribution in [0, 0.1) is 0 Å². The van der Waals surface area contributed by atoms with Crippen molar-refractivity contribution in [1.29, 1.82) is 0 Å². The van der Waals surface area contributed by atoms with Gasteiger partial charge in [-0.15, -0.1) is 13.2 Å². The molecule has 0 saturated heterocycles. The molecule has 29 heavy (non-hydrogen) atoms. The summed E-state index contributed by atoms with van der Waals surface area (Å²) in [5.41, 5.74) is 0.773. The van der Waals surface area contributed by atoms with E-state index in [9.17, 15) is 22.8 Å². The Bertz CT molecular complexity index is 891. The van der Waals surface area contributed by atoms with Gasteiger partial charge in [-0.1, -0.05) is 12.1 Å². The summed E-state index contributed by atoms with van der Waals surface area (Å²) in [5.74, 6) is -0.580. The van der Waals surface area contributed by atoms with E-state index in [-0.39, 0.29) is 30.4 Å². The summed E-state index contributed by atoms with van der Waals surface area (Å²) >= 11 is 0. The number of ether oxygens (including phenoxy) is 2. The third kappa shape index (κ3) is 5.10. The molecule has 0 spiro atoms. The molecule has 0 radical (unpaired) electrons. The lowest BCUT2D eigenvalue weighted by molar-refractivity contribution is -0.274. The molecule has 154 valence electrons. The Labute approximate surface area is 162 Å². The monoisotopic (exact) mass is 411 g/mol. The molecule has 1 atom stereocenters. The largest absolute Gasteiger partial charge is 0.573 e. The van der Waals surface area contributed by atoms with Crippen LogP contribution in [0.5, 0.6) is 5.75 Å². The first kappa shape index (κ1) is 20.3. The third-order valence-electron chi connectivity index (χ3n) is 3.91. The summed E-state index contributed by atoms with van der Waals surface area (Å²) < 4.78 is 45.8. The lowest BCUT2D eigenvalue weighted by Gasteiger charge is -2.29. The summed E-state index contributed by atoms with van der Waals surface area (Å²) in [5, 5.41) is 5.26. The van der Waals surface area contributed by atoms with Crippen LogP contribution in [0.2, 0.25) is 0 Å². The minimum absolute atomic E-state index is 0.0435. The van der Waals surface area contributed by atoms with E-state index in [1.807, 2.05) is 0 Å². The maximum atomic E-state index is 12.8. The van der Waals surface area contributed by atoms with E-state index in [1.54, 1.807) is 0 Å². The Morgan fingerprint density at radius 3 is 2.72 bits per heavy atom. The molecule has 9 nitrogen and oxygen atoms in total. The molecule has 2 aromatic rings. The van der Waals surface area contributed by atoms with Gasteiger partial charge < -0.3 is 20.1 Å². The van der Waals surface area contributed by atoms with E-state index in [0.717, 1.165) is 17.0 Å². The van der Waals surface area contributed by atoms with Crippen molar-refractivity contribution in [3.8, 4) is 5.75 Å². The fourth-order valence-electron chi connectivity index (χ4n) is 2.72. The number of hydrogen-bond donors (Lipinski definition) is 2. The van der Waals surface area contributed by atoms with Crippen LogP contribution in [0.15, 0.2) is 36.8 Å². The van der Waals surface area contributed by atoms with Gasteiger partial charge in [0.05, 0.1) is 18.8 Å². The normalized spacial score (nSPS) is 14.6. The fourth-order valence-corrected chi connectivity index (χ4v) is 2.72. The summed E-state index contributed by atoms with van der Waals surface area (Å²) in [6.07, 6.45) is -2.19. The summed E-state index contributed by atoms with van der Waals surface area (Å²) in [6.45, 7) is -0.213. The number of benzene rings is 1. The minimum Gasteiger partial charge on any atom is -0.406 e. The highest BCUT2D eigenvalue weighted by molar-refractivity contribution is 6.08. The fraction of sp³-hybridized carbons (Fsp3) is 0.294. The number of rotatable bonds is 5. The Morgan fingerprint density at radius 2 is 2.07 bits per heavy atom.